The quantitative estimate of drug-likeness (QED) is 0.503. The SMILES string of the molecule is CCOCCN(CC)C(=O)NCCC(O)C(=O)O. The van der Waals surface area contributed by atoms with E-state index in [9.17, 15) is 9.59 Å². The molecule has 106 valence electrons. The van der Waals surface area contributed by atoms with Gasteiger partial charge in [0, 0.05) is 32.7 Å². The average Bonchev–Trinajstić information content (AvgIpc) is 2.34. The minimum absolute atomic E-state index is 0.00983. The number of aliphatic hydroxyl groups excluding tert-OH is 1. The van der Waals surface area contributed by atoms with E-state index in [2.05, 4.69) is 5.32 Å². The van der Waals surface area contributed by atoms with Crippen LogP contribution in [0.1, 0.15) is 20.3 Å². The molecule has 0 bridgehead atoms. The lowest BCUT2D eigenvalue weighted by atomic mass is 10.2. The standard InChI is InChI=1S/C11H22N2O5/c1-3-13(7-8-18-4-2)11(17)12-6-5-9(14)10(15)16/h9,14H,3-8H2,1-2H3,(H,12,17)(H,15,16). The first kappa shape index (κ1) is 16.7. The van der Waals surface area contributed by atoms with Crippen molar-refractivity contribution in [1.82, 2.24) is 10.2 Å². The molecule has 18 heavy (non-hydrogen) atoms. The van der Waals surface area contributed by atoms with Crippen LogP contribution in [0.2, 0.25) is 0 Å². The highest BCUT2D eigenvalue weighted by Gasteiger charge is 2.14. The fourth-order valence-corrected chi connectivity index (χ4v) is 1.27. The van der Waals surface area contributed by atoms with Crippen molar-refractivity contribution in [3.63, 3.8) is 0 Å². The first-order valence-electron chi connectivity index (χ1n) is 6.04. The molecule has 0 heterocycles. The predicted molar refractivity (Wildman–Crippen MR) is 65.4 cm³/mol. The number of nitrogens with one attached hydrogen (secondary N) is 1. The van der Waals surface area contributed by atoms with E-state index in [0.29, 0.717) is 26.3 Å². The molecule has 3 N–H and O–H groups in total. The number of nitrogens with zero attached hydrogens (tertiary/aromatic N) is 1. The smallest absolute Gasteiger partial charge is 0.332 e. The average molecular weight is 262 g/mol. The number of aliphatic carboxylic acids is 1. The minimum atomic E-state index is -1.44. The van der Waals surface area contributed by atoms with Crippen LogP contribution in [0.15, 0.2) is 0 Å². The van der Waals surface area contributed by atoms with Crippen LogP contribution in [0.5, 0.6) is 0 Å². The fourth-order valence-electron chi connectivity index (χ4n) is 1.27. The van der Waals surface area contributed by atoms with Gasteiger partial charge in [-0.1, -0.05) is 0 Å². The molecular weight excluding hydrogens is 240 g/mol. The summed E-state index contributed by atoms with van der Waals surface area (Å²) in [6.07, 6.45) is -1.45. The first-order chi connectivity index (χ1) is 8.52. The van der Waals surface area contributed by atoms with Crippen molar-refractivity contribution in [2.24, 2.45) is 0 Å². The number of hydrogen-bond acceptors (Lipinski definition) is 4. The summed E-state index contributed by atoms with van der Waals surface area (Å²) in [5.74, 6) is -1.28. The largest absolute Gasteiger partial charge is 0.479 e. The summed E-state index contributed by atoms with van der Waals surface area (Å²) >= 11 is 0. The van der Waals surface area contributed by atoms with Crippen LogP contribution >= 0.6 is 0 Å². The van der Waals surface area contributed by atoms with Gasteiger partial charge in [-0.3, -0.25) is 0 Å². The Labute approximate surface area is 107 Å². The van der Waals surface area contributed by atoms with E-state index in [1.54, 1.807) is 4.90 Å². The maximum atomic E-state index is 11.7. The normalized spacial score (nSPS) is 11.9. The van der Waals surface area contributed by atoms with Crippen LogP contribution in [0, 0.1) is 0 Å². The molecule has 2 amide bonds. The zero-order valence-electron chi connectivity index (χ0n) is 10.9. The molecule has 0 aliphatic heterocycles. The molecule has 0 aromatic carbocycles. The van der Waals surface area contributed by atoms with Crippen molar-refractivity contribution < 1.29 is 24.5 Å². The Bertz CT molecular complexity index is 260. The van der Waals surface area contributed by atoms with Crippen molar-refractivity contribution in [1.29, 1.82) is 0 Å². The van der Waals surface area contributed by atoms with Crippen LogP contribution in [0.3, 0.4) is 0 Å². The summed E-state index contributed by atoms with van der Waals surface area (Å²) in [5, 5.41) is 20.0. The highest BCUT2D eigenvalue weighted by molar-refractivity contribution is 5.74. The molecule has 0 aliphatic rings. The number of carbonyl (C=O) groups is 2. The molecule has 7 heteroatoms. The monoisotopic (exact) mass is 262 g/mol. The Kier molecular flexibility index (Phi) is 8.95. The van der Waals surface area contributed by atoms with Crippen molar-refractivity contribution >= 4 is 12.0 Å². The van der Waals surface area contributed by atoms with E-state index in [1.807, 2.05) is 13.8 Å². The summed E-state index contributed by atoms with van der Waals surface area (Å²) in [7, 11) is 0. The molecular formula is C11H22N2O5. The Hall–Kier alpha value is -1.34. The molecule has 1 atom stereocenters. The molecule has 0 aromatic heterocycles. The van der Waals surface area contributed by atoms with Gasteiger partial charge in [-0.05, 0) is 13.8 Å². The number of urea groups is 1. The van der Waals surface area contributed by atoms with E-state index in [0.717, 1.165) is 0 Å². The van der Waals surface area contributed by atoms with Gasteiger partial charge >= 0.3 is 12.0 Å². The Morgan fingerprint density at radius 2 is 2.06 bits per heavy atom. The van der Waals surface area contributed by atoms with Crippen LogP contribution in [0.4, 0.5) is 4.79 Å². The third kappa shape index (κ3) is 7.08. The van der Waals surface area contributed by atoms with Crippen LogP contribution in [-0.4, -0.2) is 66.1 Å². The minimum Gasteiger partial charge on any atom is -0.479 e. The summed E-state index contributed by atoms with van der Waals surface area (Å²) in [6.45, 7) is 5.94. The van der Waals surface area contributed by atoms with Crippen LogP contribution in [0.25, 0.3) is 0 Å². The lowest BCUT2D eigenvalue weighted by molar-refractivity contribution is -0.146. The maximum Gasteiger partial charge on any atom is 0.332 e. The van der Waals surface area contributed by atoms with E-state index >= 15 is 0 Å². The number of amides is 2. The third-order valence-corrected chi connectivity index (χ3v) is 2.36. The summed E-state index contributed by atoms with van der Waals surface area (Å²) in [6, 6.07) is -0.283. The van der Waals surface area contributed by atoms with Crippen LogP contribution in [-0.2, 0) is 9.53 Å². The zero-order valence-corrected chi connectivity index (χ0v) is 10.9. The summed E-state index contributed by atoms with van der Waals surface area (Å²) in [5.41, 5.74) is 0. The van der Waals surface area contributed by atoms with Crippen LogP contribution < -0.4 is 5.32 Å². The highest BCUT2D eigenvalue weighted by atomic mass is 16.5. The van der Waals surface area contributed by atoms with E-state index < -0.39 is 12.1 Å². The molecule has 0 aromatic rings. The van der Waals surface area contributed by atoms with Crippen molar-refractivity contribution in [2.45, 2.75) is 26.4 Å². The first-order valence-corrected chi connectivity index (χ1v) is 6.04. The molecule has 1 unspecified atom stereocenters. The van der Waals surface area contributed by atoms with Gasteiger partial charge < -0.3 is 25.2 Å². The second-order valence-corrected chi connectivity index (χ2v) is 3.65. The lowest BCUT2D eigenvalue weighted by Crippen LogP contribution is -2.42. The lowest BCUT2D eigenvalue weighted by Gasteiger charge is -2.21. The van der Waals surface area contributed by atoms with Gasteiger partial charge in [-0.2, -0.15) is 0 Å². The number of ether oxygens (including phenoxy) is 1. The van der Waals surface area contributed by atoms with Gasteiger partial charge in [-0.25, -0.2) is 9.59 Å². The molecule has 0 aliphatic carbocycles. The zero-order chi connectivity index (χ0) is 14.0. The number of carboxylic acid groups (broad SMARTS) is 1. The van der Waals surface area contributed by atoms with Gasteiger partial charge in [0.15, 0.2) is 6.10 Å². The fraction of sp³-hybridized carbons (Fsp3) is 0.818. The maximum absolute atomic E-state index is 11.7. The number of carbonyl (C=O) groups excluding carboxylic acids is 1. The van der Waals surface area contributed by atoms with Gasteiger partial charge in [-0.15, -0.1) is 0 Å². The Morgan fingerprint density at radius 1 is 1.39 bits per heavy atom. The molecule has 0 fully saturated rings. The summed E-state index contributed by atoms with van der Waals surface area (Å²) < 4.78 is 5.15. The van der Waals surface area contributed by atoms with Gasteiger partial charge in [0.1, 0.15) is 0 Å². The van der Waals surface area contributed by atoms with Gasteiger partial charge in [0.25, 0.3) is 0 Å². The summed E-state index contributed by atoms with van der Waals surface area (Å²) in [4.78, 5) is 23.6. The van der Waals surface area contributed by atoms with E-state index in [-0.39, 0.29) is 19.0 Å². The number of rotatable bonds is 9. The Morgan fingerprint density at radius 3 is 2.56 bits per heavy atom. The number of likely N-dealkylation sites (N-methyl/N-ethyl adjacent to an activating group) is 1. The molecule has 0 spiro atoms. The topological polar surface area (TPSA) is 99.1 Å². The van der Waals surface area contributed by atoms with Crippen molar-refractivity contribution in [3.8, 4) is 0 Å². The van der Waals surface area contributed by atoms with Crippen molar-refractivity contribution in [2.75, 3.05) is 32.8 Å². The second-order valence-electron chi connectivity index (χ2n) is 3.65. The number of hydrogen-bond donors (Lipinski definition) is 3. The molecule has 0 rings (SSSR count). The molecule has 7 nitrogen and oxygen atoms in total. The van der Waals surface area contributed by atoms with E-state index in [4.69, 9.17) is 14.9 Å². The molecule has 0 saturated heterocycles. The number of carboxylic acids is 1. The van der Waals surface area contributed by atoms with E-state index in [1.165, 1.54) is 0 Å². The van der Waals surface area contributed by atoms with Crippen molar-refractivity contribution in [3.05, 3.63) is 0 Å². The Balaban J connectivity index is 3.86. The molecule has 0 radical (unpaired) electrons. The molecule has 0 saturated carbocycles. The highest BCUT2D eigenvalue weighted by Crippen LogP contribution is 1.93. The second kappa shape index (κ2) is 9.67. The number of aliphatic hydroxyl groups is 1. The van der Waals surface area contributed by atoms with Gasteiger partial charge in [0.2, 0.25) is 0 Å². The predicted octanol–water partition coefficient (Wildman–Crippen LogP) is -0.110. The van der Waals surface area contributed by atoms with Gasteiger partial charge in [0.05, 0.1) is 6.61 Å². The third-order valence-electron chi connectivity index (χ3n) is 2.36.